The zero-order chi connectivity index (χ0) is 34.7. The third kappa shape index (κ3) is 3.75. The van der Waals surface area contributed by atoms with E-state index >= 15 is 0 Å². The molecule has 0 amide bonds. The van der Waals surface area contributed by atoms with Crippen molar-refractivity contribution in [3.05, 3.63) is 204 Å². The van der Waals surface area contributed by atoms with E-state index in [2.05, 4.69) is 174 Å². The van der Waals surface area contributed by atoms with Crippen LogP contribution in [0.1, 0.15) is 22.3 Å². The first kappa shape index (κ1) is 28.7. The second-order valence-corrected chi connectivity index (χ2v) is 14.2. The predicted molar refractivity (Wildman–Crippen MR) is 216 cm³/mol. The van der Waals surface area contributed by atoms with Gasteiger partial charge in [-0.3, -0.25) is 4.57 Å². The smallest absolute Gasteiger partial charge is 0.145 e. The van der Waals surface area contributed by atoms with E-state index in [4.69, 9.17) is 9.40 Å². The van der Waals surface area contributed by atoms with Crippen LogP contribution in [0.25, 0.3) is 83.4 Å². The molecule has 0 bridgehead atoms. The van der Waals surface area contributed by atoms with E-state index in [1.54, 1.807) is 0 Å². The molecule has 246 valence electrons. The third-order valence-electron chi connectivity index (χ3n) is 11.6. The Morgan fingerprint density at radius 3 is 1.79 bits per heavy atom. The van der Waals surface area contributed by atoms with Crippen LogP contribution in [0.15, 0.2) is 186 Å². The van der Waals surface area contributed by atoms with Gasteiger partial charge in [0.2, 0.25) is 0 Å². The number of imidazole rings is 1. The van der Waals surface area contributed by atoms with E-state index in [1.807, 2.05) is 12.1 Å². The summed E-state index contributed by atoms with van der Waals surface area (Å²) in [5, 5.41) is 2.25. The minimum absolute atomic E-state index is 0.420. The maximum atomic E-state index is 6.47. The first-order valence-corrected chi connectivity index (χ1v) is 18.2. The summed E-state index contributed by atoms with van der Waals surface area (Å²) in [6.45, 7) is 0. The van der Waals surface area contributed by atoms with E-state index < -0.39 is 5.41 Å². The Labute approximate surface area is 306 Å². The van der Waals surface area contributed by atoms with Crippen LogP contribution in [-0.4, -0.2) is 9.55 Å². The van der Waals surface area contributed by atoms with Gasteiger partial charge in [-0.2, -0.15) is 0 Å². The highest BCUT2D eigenvalue weighted by Gasteiger charge is 2.51. The summed E-state index contributed by atoms with van der Waals surface area (Å²) >= 11 is 0. The summed E-state index contributed by atoms with van der Waals surface area (Å²) in [6, 6.07) is 65.9. The summed E-state index contributed by atoms with van der Waals surface area (Å²) < 4.78 is 8.82. The number of aromatic nitrogens is 2. The maximum Gasteiger partial charge on any atom is 0.145 e. The molecule has 53 heavy (non-hydrogen) atoms. The van der Waals surface area contributed by atoms with Gasteiger partial charge in [0.15, 0.2) is 0 Å². The van der Waals surface area contributed by atoms with Crippen LogP contribution in [0.4, 0.5) is 0 Å². The lowest BCUT2D eigenvalue weighted by molar-refractivity contribution is 0.670. The standard InChI is InChI=1S/C50H30N2O/c1-5-21-41-35(15-1)36-16-2-6-22-42(36)50(41)43-23-7-3-17-37(43)38-28-27-33(30-44(38)50)52-46-25-9-8-24-45(46)51-49(52)32-14-11-13-31(29-32)34-19-12-20-40-39-18-4-10-26-47(39)53-48(34)40/h1-30H. The number of fused-ring (bicyclic) bond motifs is 14. The topological polar surface area (TPSA) is 31.0 Å². The fourth-order valence-corrected chi connectivity index (χ4v) is 9.50. The zero-order valence-electron chi connectivity index (χ0n) is 28.6. The van der Waals surface area contributed by atoms with Crippen molar-refractivity contribution in [2.24, 2.45) is 0 Å². The van der Waals surface area contributed by atoms with Crippen LogP contribution in [-0.2, 0) is 5.41 Å². The molecule has 10 aromatic rings. The third-order valence-corrected chi connectivity index (χ3v) is 11.6. The number of hydrogen-bond acceptors (Lipinski definition) is 2. The molecule has 0 radical (unpaired) electrons. The highest BCUT2D eigenvalue weighted by molar-refractivity contribution is 6.09. The van der Waals surface area contributed by atoms with Crippen molar-refractivity contribution in [1.29, 1.82) is 0 Å². The minimum Gasteiger partial charge on any atom is -0.455 e. The highest BCUT2D eigenvalue weighted by atomic mass is 16.3. The molecule has 2 heterocycles. The summed E-state index contributed by atoms with van der Waals surface area (Å²) in [5.74, 6) is 0.904. The Morgan fingerprint density at radius 1 is 0.434 bits per heavy atom. The van der Waals surface area contributed by atoms with Gasteiger partial charge in [-0.25, -0.2) is 4.98 Å². The summed E-state index contributed by atoms with van der Waals surface area (Å²) in [7, 11) is 0. The van der Waals surface area contributed by atoms with Gasteiger partial charge in [0.1, 0.15) is 17.0 Å². The SMILES string of the molecule is c1cc(-c2cccc3c2oc2ccccc23)cc(-c2nc3ccccc3n2-c2ccc3c(c2)C2(c4ccccc4-c4ccccc42)c2ccccc2-3)c1. The number of benzene rings is 8. The van der Waals surface area contributed by atoms with Crippen LogP contribution in [0.2, 0.25) is 0 Å². The Balaban J connectivity index is 1.10. The van der Waals surface area contributed by atoms with E-state index in [0.717, 1.165) is 61.2 Å². The van der Waals surface area contributed by atoms with Gasteiger partial charge >= 0.3 is 0 Å². The van der Waals surface area contributed by atoms with E-state index in [1.165, 1.54) is 44.5 Å². The molecule has 12 rings (SSSR count). The lowest BCUT2D eigenvalue weighted by Gasteiger charge is -2.30. The van der Waals surface area contributed by atoms with E-state index in [9.17, 15) is 0 Å². The van der Waals surface area contributed by atoms with Gasteiger partial charge in [-0.05, 0) is 86.5 Å². The molecular weight excluding hydrogens is 645 g/mol. The number of furan rings is 1. The second-order valence-electron chi connectivity index (χ2n) is 14.2. The van der Waals surface area contributed by atoms with Crippen molar-refractivity contribution in [1.82, 2.24) is 9.55 Å². The fourth-order valence-electron chi connectivity index (χ4n) is 9.50. The molecule has 0 atom stereocenters. The number of rotatable bonds is 3. The lowest BCUT2D eigenvalue weighted by atomic mass is 9.70. The lowest BCUT2D eigenvalue weighted by Crippen LogP contribution is -2.26. The Hall–Kier alpha value is -6.97. The first-order chi connectivity index (χ1) is 26.3. The monoisotopic (exact) mass is 674 g/mol. The summed E-state index contributed by atoms with van der Waals surface area (Å²) in [5.41, 5.74) is 18.2. The van der Waals surface area contributed by atoms with E-state index in [-0.39, 0.29) is 0 Å². The fraction of sp³-hybridized carbons (Fsp3) is 0.0200. The summed E-state index contributed by atoms with van der Waals surface area (Å²) in [6.07, 6.45) is 0. The first-order valence-electron chi connectivity index (χ1n) is 18.2. The van der Waals surface area contributed by atoms with Crippen LogP contribution in [0, 0.1) is 0 Å². The van der Waals surface area contributed by atoms with Gasteiger partial charge in [0, 0.05) is 27.6 Å². The molecule has 1 spiro atoms. The number of hydrogen-bond donors (Lipinski definition) is 0. The zero-order valence-corrected chi connectivity index (χ0v) is 28.6. The molecule has 0 N–H and O–H groups in total. The largest absolute Gasteiger partial charge is 0.455 e. The number of para-hydroxylation sites is 4. The molecule has 0 saturated heterocycles. The molecule has 8 aromatic carbocycles. The number of nitrogens with zero attached hydrogens (tertiary/aromatic N) is 2. The van der Waals surface area contributed by atoms with Crippen LogP contribution < -0.4 is 0 Å². The Bertz CT molecular complexity index is 3080. The highest BCUT2D eigenvalue weighted by Crippen LogP contribution is 2.63. The average Bonchev–Trinajstić information content (AvgIpc) is 3.96. The van der Waals surface area contributed by atoms with Crippen molar-refractivity contribution in [3.8, 4) is 50.5 Å². The van der Waals surface area contributed by atoms with Crippen LogP contribution >= 0.6 is 0 Å². The molecule has 2 aliphatic carbocycles. The van der Waals surface area contributed by atoms with Gasteiger partial charge in [0.25, 0.3) is 0 Å². The summed E-state index contributed by atoms with van der Waals surface area (Å²) in [4.78, 5) is 5.32. The molecule has 3 nitrogen and oxygen atoms in total. The molecule has 0 fully saturated rings. The normalized spacial score (nSPS) is 13.4. The molecule has 0 aliphatic heterocycles. The molecule has 2 aromatic heterocycles. The molecule has 0 unspecified atom stereocenters. The second kappa shape index (κ2) is 10.5. The molecule has 2 aliphatic rings. The van der Waals surface area contributed by atoms with Crippen molar-refractivity contribution in [3.63, 3.8) is 0 Å². The van der Waals surface area contributed by atoms with Crippen LogP contribution in [0.5, 0.6) is 0 Å². The average molecular weight is 675 g/mol. The van der Waals surface area contributed by atoms with Crippen molar-refractivity contribution < 1.29 is 4.42 Å². The minimum atomic E-state index is -0.420. The van der Waals surface area contributed by atoms with Gasteiger partial charge in [-0.15, -0.1) is 0 Å². The van der Waals surface area contributed by atoms with Crippen molar-refractivity contribution in [2.75, 3.05) is 0 Å². The van der Waals surface area contributed by atoms with Gasteiger partial charge in [-0.1, -0.05) is 146 Å². The molecule has 0 saturated carbocycles. The van der Waals surface area contributed by atoms with Crippen molar-refractivity contribution in [2.45, 2.75) is 5.41 Å². The Kier molecular flexibility index (Phi) is 5.70. The molecular formula is C50H30N2O. The van der Waals surface area contributed by atoms with E-state index in [0.29, 0.717) is 0 Å². The molecule has 3 heteroatoms. The van der Waals surface area contributed by atoms with Gasteiger partial charge < -0.3 is 4.42 Å². The maximum absolute atomic E-state index is 6.47. The van der Waals surface area contributed by atoms with Gasteiger partial charge in [0.05, 0.1) is 16.4 Å². The quantitative estimate of drug-likeness (QED) is 0.187. The predicted octanol–water partition coefficient (Wildman–Crippen LogP) is 12.6. The van der Waals surface area contributed by atoms with Crippen molar-refractivity contribution >= 4 is 33.0 Å². The van der Waals surface area contributed by atoms with Crippen LogP contribution in [0.3, 0.4) is 0 Å². The Morgan fingerprint density at radius 2 is 1.02 bits per heavy atom.